The number of rotatable bonds is 7. The second-order valence-corrected chi connectivity index (χ2v) is 10.2. The molecular formula is C37H36. The Morgan fingerprint density at radius 3 is 2.35 bits per heavy atom. The third kappa shape index (κ3) is 5.16. The zero-order chi connectivity index (χ0) is 25.8. The molecule has 0 radical (unpaired) electrons. The van der Waals surface area contributed by atoms with Gasteiger partial charge in [0.1, 0.15) is 0 Å². The summed E-state index contributed by atoms with van der Waals surface area (Å²) >= 11 is 0. The van der Waals surface area contributed by atoms with Gasteiger partial charge in [-0.15, -0.1) is 0 Å². The smallest absolute Gasteiger partial charge is 0.00203 e. The van der Waals surface area contributed by atoms with Crippen LogP contribution in [0.1, 0.15) is 57.9 Å². The fourth-order valence-corrected chi connectivity index (χ4v) is 5.66. The SMILES string of the molecule is C=C/C(Cc1ccc2c(c1C)C=CCC=C2)=C(/C)c1ccccc1CCc1ccc2ccccc2c1C. The summed E-state index contributed by atoms with van der Waals surface area (Å²) in [4.78, 5) is 0. The molecule has 0 bridgehead atoms. The first kappa shape index (κ1) is 24.8. The Labute approximate surface area is 222 Å². The topological polar surface area (TPSA) is 0 Å². The Hall–Kier alpha value is -3.90. The van der Waals surface area contributed by atoms with Crippen LogP contribution < -0.4 is 0 Å². The van der Waals surface area contributed by atoms with Crippen LogP contribution in [0, 0.1) is 13.8 Å². The minimum atomic E-state index is 0.893. The highest BCUT2D eigenvalue weighted by Gasteiger charge is 2.13. The molecule has 0 fully saturated rings. The quantitative estimate of drug-likeness (QED) is 0.231. The molecule has 1 aliphatic rings. The number of benzene rings is 4. The van der Waals surface area contributed by atoms with E-state index in [0.717, 1.165) is 25.7 Å². The molecule has 5 rings (SSSR count). The van der Waals surface area contributed by atoms with Crippen LogP contribution >= 0.6 is 0 Å². The molecule has 0 heterocycles. The lowest BCUT2D eigenvalue weighted by Crippen LogP contribution is -2.01. The van der Waals surface area contributed by atoms with E-state index >= 15 is 0 Å². The minimum absolute atomic E-state index is 0.893. The standard InChI is InChI=1S/C37H36/c1-5-29(25-34-24-23-31-13-7-6-8-16-37(31)28(34)4)26(2)35-17-11-9-14-32(35)21-19-30-20-22-33-15-10-12-18-36(33)27(30)3/h5,7-18,20,22-24H,1,6,19,21,25H2,2-4H3/b29-26+. The first-order valence-electron chi connectivity index (χ1n) is 13.4. The Bertz CT molecular complexity index is 1550. The molecule has 0 saturated heterocycles. The number of allylic oxidation sites excluding steroid dienone is 5. The molecule has 0 aliphatic heterocycles. The molecule has 4 aromatic carbocycles. The van der Waals surface area contributed by atoms with Gasteiger partial charge in [-0.3, -0.25) is 0 Å². The van der Waals surface area contributed by atoms with Gasteiger partial charge >= 0.3 is 0 Å². The van der Waals surface area contributed by atoms with Crippen molar-refractivity contribution in [2.24, 2.45) is 0 Å². The number of aryl methyl sites for hydroxylation is 3. The van der Waals surface area contributed by atoms with Crippen LogP contribution in [0.15, 0.2) is 103 Å². The fourth-order valence-electron chi connectivity index (χ4n) is 5.66. The Morgan fingerprint density at radius 2 is 1.49 bits per heavy atom. The van der Waals surface area contributed by atoms with Gasteiger partial charge in [-0.1, -0.05) is 110 Å². The summed E-state index contributed by atoms with van der Waals surface area (Å²) in [6, 6.07) is 26.7. The molecule has 37 heavy (non-hydrogen) atoms. The second kappa shape index (κ2) is 11.0. The van der Waals surface area contributed by atoms with Gasteiger partial charge in [-0.25, -0.2) is 0 Å². The van der Waals surface area contributed by atoms with Gasteiger partial charge in [0.05, 0.1) is 0 Å². The van der Waals surface area contributed by atoms with E-state index in [2.05, 4.69) is 131 Å². The molecule has 1 aliphatic carbocycles. The lowest BCUT2D eigenvalue weighted by atomic mass is 9.88. The van der Waals surface area contributed by atoms with Crippen molar-refractivity contribution in [3.05, 3.63) is 148 Å². The lowest BCUT2D eigenvalue weighted by Gasteiger charge is -2.17. The zero-order valence-corrected chi connectivity index (χ0v) is 22.4. The van der Waals surface area contributed by atoms with Gasteiger partial charge in [0.15, 0.2) is 0 Å². The summed E-state index contributed by atoms with van der Waals surface area (Å²) in [6.45, 7) is 11.0. The van der Waals surface area contributed by atoms with Gasteiger partial charge in [-0.2, -0.15) is 0 Å². The van der Waals surface area contributed by atoms with Crippen LogP contribution in [-0.2, 0) is 19.3 Å². The van der Waals surface area contributed by atoms with Crippen molar-refractivity contribution < 1.29 is 0 Å². The Kier molecular flexibility index (Phi) is 7.37. The molecule has 0 unspecified atom stereocenters. The Balaban J connectivity index is 1.44. The highest BCUT2D eigenvalue weighted by Crippen LogP contribution is 2.30. The summed E-state index contributed by atoms with van der Waals surface area (Å²) in [5, 5.41) is 2.68. The van der Waals surface area contributed by atoms with Crippen molar-refractivity contribution in [2.45, 2.75) is 46.5 Å². The Morgan fingerprint density at radius 1 is 0.757 bits per heavy atom. The van der Waals surface area contributed by atoms with Crippen LogP contribution in [-0.4, -0.2) is 0 Å². The monoisotopic (exact) mass is 480 g/mol. The largest absolute Gasteiger partial charge is 0.0988 e. The first-order valence-corrected chi connectivity index (χ1v) is 13.4. The molecule has 184 valence electrons. The highest BCUT2D eigenvalue weighted by molar-refractivity contribution is 5.86. The van der Waals surface area contributed by atoms with Gasteiger partial charge in [-0.05, 0) is 113 Å². The molecule has 0 nitrogen and oxygen atoms in total. The van der Waals surface area contributed by atoms with Crippen LogP contribution in [0.25, 0.3) is 28.5 Å². The predicted molar refractivity (Wildman–Crippen MR) is 163 cm³/mol. The number of fused-ring (bicyclic) bond motifs is 2. The fraction of sp³-hybridized carbons (Fsp3) is 0.189. The van der Waals surface area contributed by atoms with Crippen LogP contribution in [0.3, 0.4) is 0 Å². The average Bonchev–Trinajstić information content (AvgIpc) is 3.19. The van der Waals surface area contributed by atoms with Crippen molar-refractivity contribution in [3.8, 4) is 0 Å². The van der Waals surface area contributed by atoms with Crippen molar-refractivity contribution >= 4 is 28.5 Å². The van der Waals surface area contributed by atoms with Crippen LogP contribution in [0.4, 0.5) is 0 Å². The van der Waals surface area contributed by atoms with Crippen molar-refractivity contribution in [3.63, 3.8) is 0 Å². The summed E-state index contributed by atoms with van der Waals surface area (Å²) in [6.07, 6.45) is 15.0. The maximum atomic E-state index is 4.22. The predicted octanol–water partition coefficient (Wildman–Crippen LogP) is 9.87. The number of hydrogen-bond acceptors (Lipinski definition) is 0. The van der Waals surface area contributed by atoms with E-state index in [4.69, 9.17) is 0 Å². The van der Waals surface area contributed by atoms with E-state index in [1.54, 1.807) is 0 Å². The third-order valence-corrected chi connectivity index (χ3v) is 8.02. The van der Waals surface area contributed by atoms with Crippen LogP contribution in [0.5, 0.6) is 0 Å². The molecule has 0 N–H and O–H groups in total. The van der Waals surface area contributed by atoms with E-state index in [1.165, 1.54) is 66.4 Å². The first-order chi connectivity index (χ1) is 18.1. The molecule has 0 aromatic heterocycles. The maximum absolute atomic E-state index is 4.22. The third-order valence-electron chi connectivity index (χ3n) is 8.02. The minimum Gasteiger partial charge on any atom is -0.0988 e. The van der Waals surface area contributed by atoms with Crippen molar-refractivity contribution in [1.29, 1.82) is 0 Å². The highest BCUT2D eigenvalue weighted by atomic mass is 14.2. The molecule has 0 amide bonds. The lowest BCUT2D eigenvalue weighted by molar-refractivity contribution is 0.947. The molecule has 0 atom stereocenters. The van der Waals surface area contributed by atoms with E-state index in [-0.39, 0.29) is 0 Å². The van der Waals surface area contributed by atoms with E-state index in [1.807, 2.05) is 0 Å². The van der Waals surface area contributed by atoms with E-state index in [9.17, 15) is 0 Å². The summed E-state index contributed by atoms with van der Waals surface area (Å²) in [5.41, 5.74) is 13.6. The molecule has 0 saturated carbocycles. The van der Waals surface area contributed by atoms with E-state index in [0.29, 0.717) is 0 Å². The average molecular weight is 481 g/mol. The summed E-state index contributed by atoms with van der Waals surface area (Å²) < 4.78 is 0. The number of hydrogen-bond donors (Lipinski definition) is 0. The summed E-state index contributed by atoms with van der Waals surface area (Å²) in [7, 11) is 0. The van der Waals surface area contributed by atoms with Crippen molar-refractivity contribution in [2.75, 3.05) is 0 Å². The van der Waals surface area contributed by atoms with Crippen molar-refractivity contribution in [1.82, 2.24) is 0 Å². The molecular weight excluding hydrogens is 444 g/mol. The second-order valence-electron chi connectivity index (χ2n) is 10.2. The van der Waals surface area contributed by atoms with Gasteiger partial charge in [0.25, 0.3) is 0 Å². The van der Waals surface area contributed by atoms with Gasteiger partial charge in [0, 0.05) is 0 Å². The van der Waals surface area contributed by atoms with Gasteiger partial charge in [0.2, 0.25) is 0 Å². The zero-order valence-electron chi connectivity index (χ0n) is 22.4. The molecule has 0 heteroatoms. The normalized spacial score (nSPS) is 13.3. The summed E-state index contributed by atoms with van der Waals surface area (Å²) in [5.74, 6) is 0. The maximum Gasteiger partial charge on any atom is -0.00203 e. The molecule has 4 aromatic rings. The molecule has 0 spiro atoms. The van der Waals surface area contributed by atoms with Gasteiger partial charge < -0.3 is 0 Å². The van der Waals surface area contributed by atoms with E-state index < -0.39 is 0 Å². The van der Waals surface area contributed by atoms with Crippen LogP contribution in [0.2, 0.25) is 0 Å².